The van der Waals surface area contributed by atoms with Gasteiger partial charge in [0.05, 0.1) is 11.3 Å². The van der Waals surface area contributed by atoms with Crippen LogP contribution in [0.1, 0.15) is 31.9 Å². The zero-order chi connectivity index (χ0) is 19.1. The predicted octanol–water partition coefficient (Wildman–Crippen LogP) is 5.41. The molecule has 0 spiro atoms. The molecular weight excluding hydrogens is 401 g/mol. The van der Waals surface area contributed by atoms with E-state index in [0.29, 0.717) is 15.7 Å². The number of anilines is 1. The predicted molar refractivity (Wildman–Crippen MR) is 102 cm³/mol. The van der Waals surface area contributed by atoms with Crippen LogP contribution in [0.2, 0.25) is 0 Å². The van der Waals surface area contributed by atoms with Gasteiger partial charge in [0, 0.05) is 15.6 Å². The minimum absolute atomic E-state index is 0.234. The van der Waals surface area contributed by atoms with E-state index in [2.05, 4.69) is 15.9 Å². The Labute approximate surface area is 159 Å². The summed E-state index contributed by atoms with van der Waals surface area (Å²) in [5.74, 6) is -1.01. The molecule has 0 saturated carbocycles. The van der Waals surface area contributed by atoms with Crippen LogP contribution in [0.3, 0.4) is 0 Å². The van der Waals surface area contributed by atoms with Gasteiger partial charge in [-0.1, -0.05) is 40.2 Å². The number of hydrogen-bond donors (Lipinski definition) is 0. The third-order valence-electron chi connectivity index (χ3n) is 3.73. The molecule has 2 aromatic rings. The molecule has 3 rings (SSSR count). The summed E-state index contributed by atoms with van der Waals surface area (Å²) in [6, 6.07) is 11.4. The molecule has 0 aliphatic carbocycles. The maximum atomic E-state index is 14.2. The Bertz CT molecular complexity index is 911. The molecule has 134 valence electrons. The molecule has 1 aliphatic rings. The van der Waals surface area contributed by atoms with E-state index in [1.54, 1.807) is 57.2 Å². The van der Waals surface area contributed by atoms with E-state index in [4.69, 9.17) is 4.74 Å². The third kappa shape index (κ3) is 3.42. The first-order chi connectivity index (χ1) is 12.2. The minimum Gasteiger partial charge on any atom is -0.443 e. The number of carbonyl (C=O) groups is 2. The van der Waals surface area contributed by atoms with Crippen molar-refractivity contribution in [2.45, 2.75) is 26.4 Å². The Kier molecular flexibility index (Phi) is 4.71. The highest BCUT2D eigenvalue weighted by molar-refractivity contribution is 9.10. The Hall–Kier alpha value is -2.47. The number of para-hydroxylation sites is 1. The van der Waals surface area contributed by atoms with Crippen LogP contribution in [0.4, 0.5) is 14.9 Å². The number of imide groups is 1. The van der Waals surface area contributed by atoms with Crippen LogP contribution in [-0.4, -0.2) is 17.6 Å². The molecule has 0 atom stereocenters. The van der Waals surface area contributed by atoms with Crippen molar-refractivity contribution in [2.24, 2.45) is 0 Å². The van der Waals surface area contributed by atoms with Crippen LogP contribution in [-0.2, 0) is 9.53 Å². The summed E-state index contributed by atoms with van der Waals surface area (Å²) in [5, 5.41) is 0. The van der Waals surface area contributed by atoms with Crippen molar-refractivity contribution in [3.05, 3.63) is 63.9 Å². The highest BCUT2D eigenvalue weighted by atomic mass is 79.9. The van der Waals surface area contributed by atoms with E-state index < -0.39 is 23.4 Å². The average molecular weight is 418 g/mol. The van der Waals surface area contributed by atoms with Gasteiger partial charge in [0.1, 0.15) is 11.4 Å². The fraction of sp³-hybridized carbons (Fsp3) is 0.200. The van der Waals surface area contributed by atoms with Gasteiger partial charge in [-0.3, -0.25) is 4.79 Å². The third-order valence-corrected chi connectivity index (χ3v) is 4.42. The molecule has 4 nitrogen and oxygen atoms in total. The maximum Gasteiger partial charge on any atom is 0.422 e. The second-order valence-corrected chi connectivity index (χ2v) is 7.69. The highest BCUT2D eigenvalue weighted by Crippen LogP contribution is 2.39. The van der Waals surface area contributed by atoms with E-state index in [9.17, 15) is 14.0 Å². The minimum atomic E-state index is -0.758. The normalized spacial score (nSPS) is 15.3. The van der Waals surface area contributed by atoms with Gasteiger partial charge in [-0.05, 0) is 45.0 Å². The maximum absolute atomic E-state index is 14.2. The smallest absolute Gasteiger partial charge is 0.422 e. The standard InChI is InChI=1S/C20H17BrFNO3/c1-20(2,3)26-19(25)23-17-10-5-4-7-12(17)13(18(23)24)11-14-15(21)8-6-9-16(14)22/h4-11H,1-3H3. The van der Waals surface area contributed by atoms with Gasteiger partial charge in [-0.15, -0.1) is 0 Å². The molecule has 0 radical (unpaired) electrons. The van der Waals surface area contributed by atoms with Crippen molar-refractivity contribution in [2.75, 3.05) is 4.90 Å². The molecule has 0 bridgehead atoms. The van der Waals surface area contributed by atoms with Gasteiger partial charge in [0.15, 0.2) is 0 Å². The number of halogens is 2. The molecule has 0 fully saturated rings. The SMILES string of the molecule is CC(C)(C)OC(=O)N1C(=O)C(=Cc2c(F)cccc2Br)c2ccccc21. The lowest BCUT2D eigenvalue weighted by atomic mass is 10.0. The molecular formula is C20H17BrFNO3. The van der Waals surface area contributed by atoms with Crippen molar-refractivity contribution in [1.82, 2.24) is 0 Å². The number of amides is 2. The molecule has 0 aromatic heterocycles. The van der Waals surface area contributed by atoms with Gasteiger partial charge >= 0.3 is 6.09 Å². The van der Waals surface area contributed by atoms with Crippen LogP contribution >= 0.6 is 15.9 Å². The van der Waals surface area contributed by atoms with Crippen LogP contribution in [0.5, 0.6) is 0 Å². The Morgan fingerprint density at radius 3 is 2.50 bits per heavy atom. The molecule has 2 aromatic carbocycles. The van der Waals surface area contributed by atoms with E-state index >= 15 is 0 Å². The van der Waals surface area contributed by atoms with Crippen molar-refractivity contribution >= 4 is 45.3 Å². The Morgan fingerprint density at radius 2 is 1.85 bits per heavy atom. The van der Waals surface area contributed by atoms with Crippen LogP contribution in [0.15, 0.2) is 46.9 Å². The molecule has 26 heavy (non-hydrogen) atoms. The Balaban J connectivity index is 2.11. The summed E-state index contributed by atoms with van der Waals surface area (Å²) >= 11 is 3.30. The number of hydrogen-bond acceptors (Lipinski definition) is 3. The topological polar surface area (TPSA) is 46.6 Å². The first kappa shape index (κ1) is 18.3. The second kappa shape index (κ2) is 6.68. The second-order valence-electron chi connectivity index (χ2n) is 6.83. The zero-order valence-corrected chi connectivity index (χ0v) is 16.1. The van der Waals surface area contributed by atoms with Crippen molar-refractivity contribution < 1.29 is 18.7 Å². The lowest BCUT2D eigenvalue weighted by molar-refractivity contribution is -0.112. The van der Waals surface area contributed by atoms with Crippen molar-refractivity contribution in [3.63, 3.8) is 0 Å². The van der Waals surface area contributed by atoms with E-state index in [1.165, 1.54) is 12.1 Å². The first-order valence-electron chi connectivity index (χ1n) is 8.01. The zero-order valence-electron chi connectivity index (χ0n) is 14.5. The average Bonchev–Trinajstić information content (AvgIpc) is 2.81. The van der Waals surface area contributed by atoms with Gasteiger partial charge in [0.25, 0.3) is 5.91 Å². The number of carbonyl (C=O) groups excluding carboxylic acids is 2. The molecule has 0 saturated heterocycles. The monoisotopic (exact) mass is 417 g/mol. The van der Waals surface area contributed by atoms with Crippen LogP contribution in [0.25, 0.3) is 11.6 Å². The van der Waals surface area contributed by atoms with E-state index in [-0.39, 0.29) is 11.1 Å². The van der Waals surface area contributed by atoms with Gasteiger partial charge in [0.2, 0.25) is 0 Å². The first-order valence-corrected chi connectivity index (χ1v) is 8.81. The van der Waals surface area contributed by atoms with Gasteiger partial charge < -0.3 is 4.74 Å². The van der Waals surface area contributed by atoms with Crippen molar-refractivity contribution in [3.8, 4) is 0 Å². The number of benzene rings is 2. The molecule has 0 N–H and O–H groups in total. The number of ether oxygens (including phenoxy) is 1. The molecule has 6 heteroatoms. The van der Waals surface area contributed by atoms with Crippen LogP contribution in [0, 0.1) is 5.82 Å². The summed E-state index contributed by atoms with van der Waals surface area (Å²) in [7, 11) is 0. The summed E-state index contributed by atoms with van der Waals surface area (Å²) in [4.78, 5) is 26.5. The highest BCUT2D eigenvalue weighted by Gasteiger charge is 2.39. The van der Waals surface area contributed by atoms with Crippen LogP contribution < -0.4 is 4.90 Å². The largest absolute Gasteiger partial charge is 0.443 e. The number of rotatable bonds is 1. The fourth-order valence-electron chi connectivity index (χ4n) is 2.66. The van der Waals surface area contributed by atoms with E-state index in [0.717, 1.165) is 4.90 Å². The number of nitrogens with zero attached hydrogens (tertiary/aromatic N) is 1. The lowest BCUT2D eigenvalue weighted by Gasteiger charge is -2.23. The summed E-state index contributed by atoms with van der Waals surface area (Å²) in [6.45, 7) is 5.18. The van der Waals surface area contributed by atoms with Gasteiger partial charge in [-0.2, -0.15) is 0 Å². The molecule has 0 unspecified atom stereocenters. The summed E-state index contributed by atoms with van der Waals surface area (Å²) in [5.41, 5.74) is 0.714. The molecule has 1 heterocycles. The molecule has 2 amide bonds. The van der Waals surface area contributed by atoms with Crippen molar-refractivity contribution in [1.29, 1.82) is 0 Å². The van der Waals surface area contributed by atoms with Gasteiger partial charge in [-0.25, -0.2) is 14.1 Å². The fourth-order valence-corrected chi connectivity index (χ4v) is 3.12. The lowest BCUT2D eigenvalue weighted by Crippen LogP contribution is -2.38. The summed E-state index contributed by atoms with van der Waals surface area (Å²) in [6.07, 6.45) is 0.691. The van der Waals surface area contributed by atoms with E-state index in [1.807, 2.05) is 0 Å². The molecule has 1 aliphatic heterocycles. The Morgan fingerprint density at radius 1 is 1.15 bits per heavy atom. The quantitative estimate of drug-likeness (QED) is 0.582. The summed E-state index contributed by atoms with van der Waals surface area (Å²) < 4.78 is 20.1. The number of fused-ring (bicyclic) bond motifs is 1.